The first-order valence-electron chi connectivity index (χ1n) is 13.9. The Balaban J connectivity index is 1.65. The first kappa shape index (κ1) is 27.9. The Hall–Kier alpha value is -3.16. The third kappa shape index (κ3) is 6.27. The quantitative estimate of drug-likeness (QED) is 0.197. The summed E-state index contributed by atoms with van der Waals surface area (Å²) in [4.78, 5) is 30.6. The molecule has 2 aromatic carbocycles. The minimum absolute atomic E-state index is 0.143. The topological polar surface area (TPSA) is 79.3 Å². The van der Waals surface area contributed by atoms with Gasteiger partial charge in [0.1, 0.15) is 11.5 Å². The van der Waals surface area contributed by atoms with Crippen LogP contribution in [0.3, 0.4) is 0 Å². The average molecular weight is 521 g/mol. The van der Waals surface area contributed by atoms with Crippen LogP contribution in [0, 0.1) is 6.92 Å². The number of benzene rings is 2. The van der Waals surface area contributed by atoms with Gasteiger partial charge in [0.25, 0.3) is 11.7 Å². The van der Waals surface area contributed by atoms with E-state index in [0.29, 0.717) is 18.7 Å². The first-order chi connectivity index (χ1) is 18.4. The van der Waals surface area contributed by atoms with Gasteiger partial charge in [0.2, 0.25) is 0 Å². The van der Waals surface area contributed by atoms with E-state index in [0.717, 1.165) is 75.4 Å². The van der Waals surface area contributed by atoms with Gasteiger partial charge in [0, 0.05) is 31.7 Å². The highest BCUT2D eigenvalue weighted by molar-refractivity contribution is 6.46. The fourth-order valence-corrected chi connectivity index (χ4v) is 5.12. The lowest BCUT2D eigenvalue weighted by Crippen LogP contribution is -2.38. The number of aryl methyl sites for hydroxylation is 2. The third-order valence-corrected chi connectivity index (χ3v) is 7.42. The molecule has 204 valence electrons. The van der Waals surface area contributed by atoms with Crippen molar-refractivity contribution in [1.82, 2.24) is 9.80 Å². The summed E-state index contributed by atoms with van der Waals surface area (Å²) < 4.78 is 11.3. The number of aliphatic hydroxyl groups excluding tert-OH is 1. The van der Waals surface area contributed by atoms with Gasteiger partial charge in [-0.15, -0.1) is 0 Å². The van der Waals surface area contributed by atoms with Gasteiger partial charge < -0.3 is 19.5 Å². The van der Waals surface area contributed by atoms with E-state index in [9.17, 15) is 14.7 Å². The Morgan fingerprint density at radius 1 is 1.03 bits per heavy atom. The molecule has 4 rings (SSSR count). The molecule has 0 aromatic heterocycles. The van der Waals surface area contributed by atoms with Crippen molar-refractivity contribution in [2.45, 2.75) is 52.5 Å². The number of carbonyl (C=O) groups excluding carboxylic acids is 2. The standard InChI is InChI=1S/C31H40N2O5/c1-4-6-18-38-26-13-12-25(21-22(26)3)29(34)27-28(24-10-8-23(5-2)9-11-24)33(31(36)30(27)35)15-7-14-32-16-19-37-20-17-32/h8-13,21,28,34H,4-7,14-20H2,1-3H3/t28-/m0/s1. The van der Waals surface area contributed by atoms with Gasteiger partial charge in [-0.1, -0.05) is 44.5 Å². The zero-order chi connectivity index (χ0) is 27.1. The number of ketones is 1. The number of morpholine rings is 1. The highest BCUT2D eigenvalue weighted by Crippen LogP contribution is 2.40. The van der Waals surface area contributed by atoms with Crippen LogP contribution in [0.15, 0.2) is 48.0 Å². The van der Waals surface area contributed by atoms with E-state index < -0.39 is 17.7 Å². The molecule has 0 aliphatic carbocycles. The molecule has 1 atom stereocenters. The first-order valence-corrected chi connectivity index (χ1v) is 13.9. The Kier molecular flexibility index (Phi) is 9.58. The maximum Gasteiger partial charge on any atom is 0.295 e. The van der Waals surface area contributed by atoms with Crippen molar-refractivity contribution in [2.24, 2.45) is 0 Å². The molecule has 2 aliphatic heterocycles. The molecular formula is C31H40N2O5. The number of nitrogens with zero attached hydrogens (tertiary/aromatic N) is 2. The van der Waals surface area contributed by atoms with Crippen LogP contribution in [-0.2, 0) is 20.7 Å². The summed E-state index contributed by atoms with van der Waals surface area (Å²) in [5.41, 5.74) is 3.52. The maximum atomic E-state index is 13.4. The van der Waals surface area contributed by atoms with Gasteiger partial charge in [-0.3, -0.25) is 14.5 Å². The molecule has 2 heterocycles. The van der Waals surface area contributed by atoms with Crippen molar-refractivity contribution in [3.8, 4) is 5.75 Å². The Bertz CT molecular complexity index is 1150. The van der Waals surface area contributed by atoms with Crippen molar-refractivity contribution in [3.05, 3.63) is 70.3 Å². The third-order valence-electron chi connectivity index (χ3n) is 7.42. The summed E-state index contributed by atoms with van der Waals surface area (Å²) in [5, 5.41) is 11.4. The van der Waals surface area contributed by atoms with Crippen LogP contribution in [0.4, 0.5) is 0 Å². The van der Waals surface area contributed by atoms with Gasteiger partial charge >= 0.3 is 0 Å². The Morgan fingerprint density at radius 2 is 1.76 bits per heavy atom. The second-order valence-corrected chi connectivity index (χ2v) is 10.1. The molecule has 0 saturated carbocycles. The van der Waals surface area contributed by atoms with Crippen molar-refractivity contribution in [1.29, 1.82) is 0 Å². The molecule has 2 fully saturated rings. The predicted octanol–water partition coefficient (Wildman–Crippen LogP) is 4.88. The van der Waals surface area contributed by atoms with Crippen LogP contribution in [0.5, 0.6) is 5.75 Å². The zero-order valence-corrected chi connectivity index (χ0v) is 22.9. The highest BCUT2D eigenvalue weighted by Gasteiger charge is 2.45. The highest BCUT2D eigenvalue weighted by atomic mass is 16.5. The molecule has 0 spiro atoms. The number of aliphatic hydroxyl groups is 1. The zero-order valence-electron chi connectivity index (χ0n) is 22.9. The molecule has 2 aromatic rings. The molecule has 2 aliphatic rings. The average Bonchev–Trinajstić information content (AvgIpc) is 3.19. The fraction of sp³-hybridized carbons (Fsp3) is 0.484. The van der Waals surface area contributed by atoms with E-state index >= 15 is 0 Å². The number of ether oxygens (including phenoxy) is 2. The monoisotopic (exact) mass is 520 g/mol. The summed E-state index contributed by atoms with van der Waals surface area (Å²) in [7, 11) is 0. The molecule has 0 radical (unpaired) electrons. The van der Waals surface area contributed by atoms with Gasteiger partial charge in [-0.2, -0.15) is 0 Å². The molecule has 7 nitrogen and oxygen atoms in total. The van der Waals surface area contributed by atoms with E-state index in [4.69, 9.17) is 9.47 Å². The number of Topliss-reactive ketones (excluding diaryl/α,β-unsaturated/α-hetero) is 1. The second-order valence-electron chi connectivity index (χ2n) is 10.1. The Morgan fingerprint density at radius 3 is 2.42 bits per heavy atom. The predicted molar refractivity (Wildman–Crippen MR) is 148 cm³/mol. The van der Waals surface area contributed by atoms with E-state index in [-0.39, 0.29) is 11.3 Å². The largest absolute Gasteiger partial charge is 0.507 e. The fourth-order valence-electron chi connectivity index (χ4n) is 5.12. The maximum absolute atomic E-state index is 13.4. The number of hydrogen-bond acceptors (Lipinski definition) is 6. The van der Waals surface area contributed by atoms with Crippen molar-refractivity contribution in [3.63, 3.8) is 0 Å². The summed E-state index contributed by atoms with van der Waals surface area (Å²) in [5.74, 6) is -0.592. The van der Waals surface area contributed by atoms with Crippen LogP contribution in [-0.4, -0.2) is 72.6 Å². The smallest absolute Gasteiger partial charge is 0.295 e. The molecular weight excluding hydrogens is 480 g/mol. The van der Waals surface area contributed by atoms with Crippen LogP contribution < -0.4 is 4.74 Å². The number of rotatable bonds is 11. The lowest BCUT2D eigenvalue weighted by atomic mass is 9.94. The van der Waals surface area contributed by atoms with E-state index in [1.54, 1.807) is 11.0 Å². The van der Waals surface area contributed by atoms with Crippen LogP contribution in [0.1, 0.15) is 61.4 Å². The molecule has 38 heavy (non-hydrogen) atoms. The number of carbonyl (C=O) groups is 2. The SMILES string of the molecule is CCCCOc1ccc(C(O)=C2C(=O)C(=O)N(CCCN3CCOCC3)[C@H]2c2ccc(CC)cc2)cc1C. The minimum Gasteiger partial charge on any atom is -0.507 e. The normalized spacial score (nSPS) is 19.8. The number of hydrogen-bond donors (Lipinski definition) is 1. The summed E-state index contributed by atoms with van der Waals surface area (Å²) in [6.45, 7) is 11.2. The lowest BCUT2D eigenvalue weighted by Gasteiger charge is -2.29. The Labute approximate surface area is 226 Å². The van der Waals surface area contributed by atoms with Crippen molar-refractivity contribution < 1.29 is 24.2 Å². The van der Waals surface area contributed by atoms with E-state index in [2.05, 4.69) is 18.7 Å². The number of amides is 1. The second kappa shape index (κ2) is 13.1. The molecule has 1 amide bonds. The number of likely N-dealkylation sites (tertiary alicyclic amines) is 1. The van der Waals surface area contributed by atoms with E-state index in [1.807, 2.05) is 43.3 Å². The lowest BCUT2D eigenvalue weighted by molar-refractivity contribution is -0.140. The molecule has 2 saturated heterocycles. The van der Waals surface area contributed by atoms with E-state index in [1.165, 1.54) is 5.56 Å². The molecule has 7 heteroatoms. The molecule has 0 bridgehead atoms. The summed E-state index contributed by atoms with van der Waals surface area (Å²) in [6.07, 6.45) is 3.64. The summed E-state index contributed by atoms with van der Waals surface area (Å²) in [6, 6.07) is 12.7. The van der Waals surface area contributed by atoms with Gasteiger partial charge in [0.05, 0.1) is 31.4 Å². The van der Waals surface area contributed by atoms with Crippen LogP contribution >= 0.6 is 0 Å². The molecule has 0 unspecified atom stereocenters. The van der Waals surface area contributed by atoms with Gasteiger partial charge in [0.15, 0.2) is 0 Å². The minimum atomic E-state index is -0.639. The summed E-state index contributed by atoms with van der Waals surface area (Å²) >= 11 is 0. The van der Waals surface area contributed by atoms with Gasteiger partial charge in [-0.05, 0) is 61.1 Å². The van der Waals surface area contributed by atoms with Crippen LogP contribution in [0.2, 0.25) is 0 Å². The number of unbranched alkanes of at least 4 members (excludes halogenated alkanes) is 1. The molecule has 1 N–H and O–H groups in total. The van der Waals surface area contributed by atoms with Crippen LogP contribution in [0.25, 0.3) is 5.76 Å². The van der Waals surface area contributed by atoms with Gasteiger partial charge in [-0.25, -0.2) is 0 Å². The van der Waals surface area contributed by atoms with Crippen molar-refractivity contribution >= 4 is 17.4 Å². The van der Waals surface area contributed by atoms with Crippen molar-refractivity contribution in [2.75, 3.05) is 46.0 Å².